The summed E-state index contributed by atoms with van der Waals surface area (Å²) in [4.78, 5) is 16.4. The predicted octanol–water partition coefficient (Wildman–Crippen LogP) is 2.80. The number of anilines is 1. The number of rotatable bonds is 6. The van der Waals surface area contributed by atoms with Crippen molar-refractivity contribution in [3.8, 4) is 17.2 Å². The fraction of sp³-hybridized carbons (Fsp3) is 0.348. The van der Waals surface area contributed by atoms with E-state index in [-0.39, 0.29) is 18.8 Å². The quantitative estimate of drug-likeness (QED) is 0.683. The Morgan fingerprint density at radius 1 is 1.17 bits per heavy atom. The lowest BCUT2D eigenvalue weighted by Gasteiger charge is -2.32. The van der Waals surface area contributed by atoms with E-state index in [1.54, 1.807) is 17.0 Å². The minimum Gasteiger partial charge on any atom is -0.491 e. The fourth-order valence-electron chi connectivity index (χ4n) is 3.33. The van der Waals surface area contributed by atoms with E-state index in [2.05, 4.69) is 0 Å². The van der Waals surface area contributed by atoms with Gasteiger partial charge in [0.05, 0.1) is 13.2 Å². The molecule has 1 fully saturated rings. The Bertz CT molecular complexity index is 910. The van der Waals surface area contributed by atoms with Crippen LogP contribution in [-0.2, 0) is 9.53 Å². The van der Waals surface area contributed by atoms with Crippen LogP contribution in [0.2, 0.25) is 0 Å². The van der Waals surface area contributed by atoms with Crippen LogP contribution >= 0.6 is 0 Å². The van der Waals surface area contributed by atoms with Crippen molar-refractivity contribution >= 4 is 17.7 Å². The summed E-state index contributed by atoms with van der Waals surface area (Å²) in [6.45, 7) is 2.15. The smallest absolute Gasteiger partial charge is 0.246 e. The van der Waals surface area contributed by atoms with Gasteiger partial charge in [-0.2, -0.15) is 0 Å². The molecule has 1 amide bonds. The maximum Gasteiger partial charge on any atom is 0.246 e. The highest BCUT2D eigenvalue weighted by Gasteiger charge is 2.24. The van der Waals surface area contributed by atoms with Crippen LogP contribution in [0.4, 0.5) is 5.69 Å². The van der Waals surface area contributed by atoms with Crippen molar-refractivity contribution in [3.05, 3.63) is 54.1 Å². The molecular weight excluding hydrogens is 384 g/mol. The van der Waals surface area contributed by atoms with Gasteiger partial charge in [0.15, 0.2) is 11.5 Å². The number of hydrogen-bond donors (Lipinski definition) is 0. The van der Waals surface area contributed by atoms with Gasteiger partial charge in [-0.1, -0.05) is 12.1 Å². The van der Waals surface area contributed by atoms with Gasteiger partial charge in [-0.15, -0.1) is 0 Å². The summed E-state index contributed by atoms with van der Waals surface area (Å²) in [5, 5.41) is 0. The van der Waals surface area contributed by atoms with Gasteiger partial charge in [0.2, 0.25) is 12.7 Å². The molecule has 1 saturated heterocycles. The average Bonchev–Trinajstić information content (AvgIpc) is 3.24. The SMILES string of the molecule is CN(C)c1ccc(C=CC(=O)N2CCOC(COc3ccc4c(c3)OCO4)C2)cc1. The molecule has 2 aliphatic heterocycles. The van der Waals surface area contributed by atoms with Gasteiger partial charge < -0.3 is 28.7 Å². The molecule has 2 aliphatic rings. The third kappa shape index (κ3) is 4.86. The number of amides is 1. The molecule has 2 aromatic rings. The molecule has 0 radical (unpaired) electrons. The van der Waals surface area contributed by atoms with Crippen molar-refractivity contribution in [1.82, 2.24) is 4.90 Å². The van der Waals surface area contributed by atoms with Crippen LogP contribution in [0, 0.1) is 0 Å². The van der Waals surface area contributed by atoms with Crippen molar-refractivity contribution < 1.29 is 23.7 Å². The van der Waals surface area contributed by atoms with E-state index in [4.69, 9.17) is 18.9 Å². The van der Waals surface area contributed by atoms with Gasteiger partial charge in [0.25, 0.3) is 0 Å². The van der Waals surface area contributed by atoms with Crippen molar-refractivity contribution in [2.24, 2.45) is 0 Å². The first kappa shape index (κ1) is 20.1. The van der Waals surface area contributed by atoms with Crippen LogP contribution in [0.15, 0.2) is 48.5 Å². The number of morpholine rings is 1. The van der Waals surface area contributed by atoms with Crippen LogP contribution in [0.3, 0.4) is 0 Å². The first-order valence-corrected chi connectivity index (χ1v) is 9.97. The van der Waals surface area contributed by atoms with Crippen LogP contribution in [0.1, 0.15) is 5.56 Å². The number of benzene rings is 2. The van der Waals surface area contributed by atoms with E-state index < -0.39 is 0 Å². The molecule has 1 atom stereocenters. The fourth-order valence-corrected chi connectivity index (χ4v) is 3.33. The summed E-state index contributed by atoms with van der Waals surface area (Å²) < 4.78 is 22.3. The summed E-state index contributed by atoms with van der Waals surface area (Å²) in [5.74, 6) is 2.06. The number of hydrogen-bond acceptors (Lipinski definition) is 6. The Labute approximate surface area is 176 Å². The maximum atomic E-state index is 12.6. The van der Waals surface area contributed by atoms with Crippen molar-refractivity contribution in [1.29, 1.82) is 0 Å². The van der Waals surface area contributed by atoms with Crippen LogP contribution in [0.25, 0.3) is 6.08 Å². The Morgan fingerprint density at radius 3 is 2.77 bits per heavy atom. The third-order valence-electron chi connectivity index (χ3n) is 5.06. The number of carbonyl (C=O) groups is 1. The summed E-state index contributed by atoms with van der Waals surface area (Å²) in [6.07, 6.45) is 3.28. The number of nitrogens with zero attached hydrogens (tertiary/aromatic N) is 2. The van der Waals surface area contributed by atoms with Gasteiger partial charge in [0, 0.05) is 38.5 Å². The summed E-state index contributed by atoms with van der Waals surface area (Å²) in [5.41, 5.74) is 2.11. The van der Waals surface area contributed by atoms with Crippen LogP contribution < -0.4 is 19.1 Å². The molecule has 7 nitrogen and oxygen atoms in total. The second kappa shape index (κ2) is 9.09. The van der Waals surface area contributed by atoms with Gasteiger partial charge in [-0.3, -0.25) is 4.79 Å². The van der Waals surface area contributed by atoms with Crippen LogP contribution in [0.5, 0.6) is 17.2 Å². The lowest BCUT2D eigenvalue weighted by molar-refractivity contribution is -0.134. The Balaban J connectivity index is 1.29. The Kier molecular flexibility index (Phi) is 6.09. The molecule has 1 unspecified atom stereocenters. The second-order valence-corrected chi connectivity index (χ2v) is 7.42. The molecule has 2 aromatic carbocycles. The first-order chi connectivity index (χ1) is 14.6. The van der Waals surface area contributed by atoms with E-state index in [0.29, 0.717) is 37.8 Å². The van der Waals surface area contributed by atoms with E-state index in [0.717, 1.165) is 17.0 Å². The zero-order chi connectivity index (χ0) is 20.9. The normalized spacial score (nSPS) is 17.9. The van der Waals surface area contributed by atoms with E-state index in [1.165, 1.54) is 0 Å². The topological polar surface area (TPSA) is 60.5 Å². The summed E-state index contributed by atoms with van der Waals surface area (Å²) in [6, 6.07) is 13.5. The highest BCUT2D eigenvalue weighted by atomic mass is 16.7. The largest absolute Gasteiger partial charge is 0.491 e. The molecule has 0 spiro atoms. The molecular formula is C23H26N2O5. The monoisotopic (exact) mass is 410 g/mol. The highest BCUT2D eigenvalue weighted by molar-refractivity contribution is 5.91. The molecule has 0 aromatic heterocycles. The Hall–Kier alpha value is -3.19. The molecule has 158 valence electrons. The van der Waals surface area contributed by atoms with Gasteiger partial charge >= 0.3 is 0 Å². The van der Waals surface area contributed by atoms with Crippen LogP contribution in [-0.4, -0.2) is 64.1 Å². The summed E-state index contributed by atoms with van der Waals surface area (Å²) in [7, 11) is 4.00. The van der Waals surface area contributed by atoms with Crippen molar-refractivity contribution in [2.45, 2.75) is 6.10 Å². The minimum absolute atomic E-state index is 0.0249. The molecule has 2 heterocycles. The zero-order valence-corrected chi connectivity index (χ0v) is 17.2. The zero-order valence-electron chi connectivity index (χ0n) is 17.2. The Morgan fingerprint density at radius 2 is 1.97 bits per heavy atom. The molecule has 0 aliphatic carbocycles. The molecule has 0 N–H and O–H groups in total. The highest BCUT2D eigenvalue weighted by Crippen LogP contribution is 2.35. The van der Waals surface area contributed by atoms with Gasteiger partial charge in [-0.25, -0.2) is 0 Å². The van der Waals surface area contributed by atoms with Crippen molar-refractivity contribution in [3.63, 3.8) is 0 Å². The second-order valence-electron chi connectivity index (χ2n) is 7.42. The van der Waals surface area contributed by atoms with Gasteiger partial charge in [0.1, 0.15) is 18.5 Å². The van der Waals surface area contributed by atoms with E-state index in [9.17, 15) is 4.79 Å². The summed E-state index contributed by atoms with van der Waals surface area (Å²) >= 11 is 0. The maximum absolute atomic E-state index is 12.6. The standard InChI is InChI=1S/C23H26N2O5/c1-24(2)18-6-3-17(4-7-18)5-10-23(26)25-11-12-27-20(14-25)15-28-19-8-9-21-22(13-19)30-16-29-21/h3-10,13,20H,11-12,14-16H2,1-2H3. The van der Waals surface area contributed by atoms with Crippen molar-refractivity contribution in [2.75, 3.05) is 52.1 Å². The number of fused-ring (bicyclic) bond motifs is 1. The predicted molar refractivity (Wildman–Crippen MR) is 114 cm³/mol. The van der Waals surface area contributed by atoms with Gasteiger partial charge in [-0.05, 0) is 35.9 Å². The first-order valence-electron chi connectivity index (χ1n) is 9.97. The average molecular weight is 410 g/mol. The molecule has 0 saturated carbocycles. The molecule has 7 heteroatoms. The molecule has 4 rings (SSSR count). The van der Waals surface area contributed by atoms with E-state index >= 15 is 0 Å². The van der Waals surface area contributed by atoms with E-state index in [1.807, 2.05) is 61.5 Å². The third-order valence-corrected chi connectivity index (χ3v) is 5.06. The minimum atomic E-state index is -0.180. The number of carbonyl (C=O) groups excluding carboxylic acids is 1. The number of ether oxygens (including phenoxy) is 4. The molecule has 30 heavy (non-hydrogen) atoms. The lowest BCUT2D eigenvalue weighted by Crippen LogP contribution is -2.47. The lowest BCUT2D eigenvalue weighted by atomic mass is 10.2. The molecule has 0 bridgehead atoms.